The quantitative estimate of drug-likeness (QED) is 0.779. The molecule has 2 N–H and O–H groups in total. The lowest BCUT2D eigenvalue weighted by atomic mass is 9.80. The smallest absolute Gasteiger partial charge is 0.170 e. The molecule has 2 heterocycles. The number of benzene rings is 1. The minimum Gasteiger partial charge on any atom is -0.360 e. The Hall–Kier alpha value is -1.20. The first-order valence-corrected chi connectivity index (χ1v) is 10.2. The first-order valence-electron chi connectivity index (χ1n) is 9.79. The van der Waals surface area contributed by atoms with Crippen LogP contribution in [0.4, 0.5) is 10.1 Å². The van der Waals surface area contributed by atoms with Crippen molar-refractivity contribution in [1.29, 1.82) is 0 Å². The summed E-state index contributed by atoms with van der Waals surface area (Å²) in [5.41, 5.74) is 0.836. The fourth-order valence-corrected chi connectivity index (χ4v) is 5.50. The van der Waals surface area contributed by atoms with Crippen LogP contribution >= 0.6 is 12.2 Å². The lowest BCUT2D eigenvalue weighted by Crippen LogP contribution is -2.59. The first-order chi connectivity index (χ1) is 12.2. The minimum atomic E-state index is -0.225. The number of anilines is 1. The summed E-state index contributed by atoms with van der Waals surface area (Å²) in [7, 11) is 0. The molecule has 3 nitrogen and oxygen atoms in total. The van der Waals surface area contributed by atoms with Gasteiger partial charge in [-0.2, -0.15) is 0 Å². The van der Waals surface area contributed by atoms with Crippen molar-refractivity contribution >= 4 is 23.0 Å². The third-order valence-electron chi connectivity index (χ3n) is 6.21. The van der Waals surface area contributed by atoms with Gasteiger partial charge in [0, 0.05) is 29.9 Å². The summed E-state index contributed by atoms with van der Waals surface area (Å²) in [4.78, 5) is 2.88. The third kappa shape index (κ3) is 3.98. The van der Waals surface area contributed by atoms with Crippen LogP contribution in [0.3, 0.4) is 0 Å². The molecule has 0 aromatic heterocycles. The number of piperidine rings is 2. The fraction of sp³-hybridized carbons (Fsp3) is 0.650. The highest BCUT2D eigenvalue weighted by atomic mass is 32.1. The van der Waals surface area contributed by atoms with Gasteiger partial charge in [0.2, 0.25) is 0 Å². The maximum Gasteiger partial charge on any atom is 0.170 e. The van der Waals surface area contributed by atoms with Crippen LogP contribution in [0.1, 0.15) is 57.8 Å². The van der Waals surface area contributed by atoms with E-state index in [-0.39, 0.29) is 5.82 Å². The molecule has 1 saturated carbocycles. The highest BCUT2D eigenvalue weighted by Crippen LogP contribution is 2.39. The van der Waals surface area contributed by atoms with Gasteiger partial charge < -0.3 is 10.6 Å². The van der Waals surface area contributed by atoms with Crippen LogP contribution in [-0.2, 0) is 0 Å². The van der Waals surface area contributed by atoms with Crippen molar-refractivity contribution in [2.45, 2.75) is 82.0 Å². The first kappa shape index (κ1) is 17.2. The highest BCUT2D eigenvalue weighted by molar-refractivity contribution is 7.80. The van der Waals surface area contributed by atoms with Crippen LogP contribution < -0.4 is 10.6 Å². The van der Waals surface area contributed by atoms with E-state index in [0.717, 1.165) is 23.8 Å². The van der Waals surface area contributed by atoms with Gasteiger partial charge in [0.05, 0.1) is 0 Å². The number of thiocarbonyl (C=S) groups is 1. The zero-order valence-corrected chi connectivity index (χ0v) is 15.5. The molecule has 2 bridgehead atoms. The average molecular weight is 362 g/mol. The van der Waals surface area contributed by atoms with Gasteiger partial charge in [-0.25, -0.2) is 4.39 Å². The van der Waals surface area contributed by atoms with Crippen molar-refractivity contribution in [1.82, 2.24) is 10.2 Å². The van der Waals surface area contributed by atoms with Crippen molar-refractivity contribution in [2.24, 2.45) is 0 Å². The largest absolute Gasteiger partial charge is 0.360 e. The Kier molecular flexibility index (Phi) is 5.23. The van der Waals surface area contributed by atoms with Crippen molar-refractivity contribution in [3.05, 3.63) is 30.1 Å². The van der Waals surface area contributed by atoms with Gasteiger partial charge in [-0.1, -0.05) is 19.3 Å². The summed E-state index contributed by atoms with van der Waals surface area (Å²) in [6, 6.07) is 9.09. The molecule has 0 spiro atoms. The van der Waals surface area contributed by atoms with E-state index in [4.69, 9.17) is 12.2 Å². The lowest BCUT2D eigenvalue weighted by Gasteiger charge is -2.52. The van der Waals surface area contributed by atoms with Crippen LogP contribution in [0.25, 0.3) is 0 Å². The van der Waals surface area contributed by atoms with Crippen LogP contribution in [0, 0.1) is 5.82 Å². The number of nitrogens with zero attached hydrogens (tertiary/aromatic N) is 1. The lowest BCUT2D eigenvalue weighted by molar-refractivity contribution is -0.00596. The number of hydrogen-bond acceptors (Lipinski definition) is 2. The Labute approximate surface area is 155 Å². The van der Waals surface area contributed by atoms with Crippen LogP contribution in [0.15, 0.2) is 24.3 Å². The Bertz CT molecular complexity index is 585. The van der Waals surface area contributed by atoms with Gasteiger partial charge in [-0.3, -0.25) is 4.90 Å². The van der Waals surface area contributed by atoms with Crippen molar-refractivity contribution in [3.8, 4) is 0 Å². The molecule has 1 aromatic rings. The topological polar surface area (TPSA) is 27.3 Å². The average Bonchev–Trinajstić information content (AvgIpc) is 3.10. The fourth-order valence-electron chi connectivity index (χ4n) is 5.22. The van der Waals surface area contributed by atoms with Gasteiger partial charge >= 0.3 is 0 Å². The summed E-state index contributed by atoms with van der Waals surface area (Å²) in [6.07, 6.45) is 12.1. The normalized spacial score (nSPS) is 30.2. The molecular weight excluding hydrogens is 333 g/mol. The van der Waals surface area contributed by atoms with E-state index in [9.17, 15) is 4.39 Å². The van der Waals surface area contributed by atoms with Crippen molar-refractivity contribution in [3.63, 3.8) is 0 Å². The Morgan fingerprint density at radius 2 is 1.52 bits per heavy atom. The second-order valence-electron chi connectivity index (χ2n) is 7.90. The second kappa shape index (κ2) is 7.58. The highest BCUT2D eigenvalue weighted by Gasteiger charge is 2.42. The molecule has 0 unspecified atom stereocenters. The van der Waals surface area contributed by atoms with E-state index in [2.05, 4.69) is 15.5 Å². The molecule has 2 atom stereocenters. The Morgan fingerprint density at radius 1 is 0.920 bits per heavy atom. The monoisotopic (exact) mass is 361 g/mol. The summed E-state index contributed by atoms with van der Waals surface area (Å²) >= 11 is 5.49. The van der Waals surface area contributed by atoms with Gasteiger partial charge in [-0.15, -0.1) is 0 Å². The van der Waals surface area contributed by atoms with Gasteiger partial charge in [0.15, 0.2) is 5.11 Å². The van der Waals surface area contributed by atoms with Gasteiger partial charge in [0.1, 0.15) is 5.82 Å². The van der Waals surface area contributed by atoms with Crippen molar-refractivity contribution < 1.29 is 4.39 Å². The molecule has 136 valence electrons. The van der Waals surface area contributed by atoms with Crippen LogP contribution in [-0.4, -0.2) is 34.2 Å². The zero-order chi connectivity index (χ0) is 17.2. The Balaban J connectivity index is 1.34. The molecule has 4 rings (SSSR count). The molecule has 25 heavy (non-hydrogen) atoms. The Morgan fingerprint density at radius 3 is 2.16 bits per heavy atom. The maximum absolute atomic E-state index is 13.0. The van der Waals surface area contributed by atoms with E-state index in [0.29, 0.717) is 11.2 Å². The van der Waals surface area contributed by atoms with E-state index in [1.165, 1.54) is 69.9 Å². The molecule has 0 radical (unpaired) electrons. The van der Waals surface area contributed by atoms with Gasteiger partial charge in [-0.05, 0) is 75.0 Å². The summed E-state index contributed by atoms with van der Waals surface area (Å²) in [5, 5.41) is 7.37. The summed E-state index contributed by atoms with van der Waals surface area (Å²) in [5.74, 6) is -0.225. The minimum absolute atomic E-state index is 0.225. The van der Waals surface area contributed by atoms with E-state index >= 15 is 0 Å². The third-order valence-corrected chi connectivity index (χ3v) is 6.43. The summed E-state index contributed by atoms with van der Waals surface area (Å²) < 4.78 is 13.0. The molecule has 0 amide bonds. The number of fused-ring (bicyclic) bond motifs is 2. The predicted molar refractivity (Wildman–Crippen MR) is 104 cm³/mol. The van der Waals surface area contributed by atoms with E-state index in [1.54, 1.807) is 12.1 Å². The number of nitrogens with one attached hydrogen (secondary N) is 2. The molecule has 2 aliphatic heterocycles. The summed E-state index contributed by atoms with van der Waals surface area (Å²) in [6.45, 7) is 0. The molecule has 1 aliphatic carbocycles. The molecule has 3 fully saturated rings. The molecule has 5 heteroatoms. The van der Waals surface area contributed by atoms with E-state index < -0.39 is 0 Å². The number of halogens is 1. The van der Waals surface area contributed by atoms with Crippen LogP contribution in [0.2, 0.25) is 0 Å². The molecule has 2 saturated heterocycles. The molecule has 1 aromatic carbocycles. The maximum atomic E-state index is 13.0. The molecule has 3 aliphatic rings. The van der Waals surface area contributed by atoms with Gasteiger partial charge in [0.25, 0.3) is 0 Å². The van der Waals surface area contributed by atoms with E-state index in [1.807, 2.05) is 0 Å². The van der Waals surface area contributed by atoms with Crippen molar-refractivity contribution in [2.75, 3.05) is 5.32 Å². The predicted octanol–water partition coefficient (Wildman–Crippen LogP) is 4.44. The SMILES string of the molecule is Fc1ccc(NC(=S)NC2C[C@@H]3CCC[C@@H](C2)N3C2CCCC2)cc1. The zero-order valence-electron chi connectivity index (χ0n) is 14.7. The standard InChI is InChI=1S/C20H28FN3S/c21-14-8-10-15(11-9-14)22-20(25)23-16-12-18-6-3-7-19(13-16)24(18)17-4-1-2-5-17/h8-11,16-19H,1-7,12-13H2,(H2,22,23,25)/t18-,19-/m0/s1. The number of rotatable bonds is 3. The molecular formula is C20H28FN3S. The number of hydrogen-bond donors (Lipinski definition) is 2. The van der Waals surface area contributed by atoms with Crippen LogP contribution in [0.5, 0.6) is 0 Å². The second-order valence-corrected chi connectivity index (χ2v) is 8.31.